The zero-order valence-corrected chi connectivity index (χ0v) is 69.0. The normalized spacial score (nSPS) is 16.8. The van der Waals surface area contributed by atoms with Gasteiger partial charge in [0.2, 0.25) is 53.2 Å². The van der Waals surface area contributed by atoms with Crippen LogP contribution in [0.2, 0.25) is 5.02 Å². The first kappa shape index (κ1) is 91.4. The minimum absolute atomic E-state index is 0.00983. The molecule has 119 heavy (non-hydrogen) atoms. The molecule has 6 aromatic rings. The van der Waals surface area contributed by atoms with Crippen molar-refractivity contribution in [1.29, 1.82) is 5.41 Å². The predicted molar refractivity (Wildman–Crippen MR) is 452 cm³/mol. The van der Waals surface area contributed by atoms with E-state index in [1.807, 2.05) is 82.3 Å². The molecule has 3 heterocycles. The van der Waals surface area contributed by atoms with Gasteiger partial charge in [0.1, 0.15) is 60.4 Å². The van der Waals surface area contributed by atoms with E-state index in [1.54, 1.807) is 95.9 Å². The van der Waals surface area contributed by atoms with Crippen LogP contribution in [-0.2, 0) is 91.3 Å². The topological polar surface area (TPSA) is 443 Å². The van der Waals surface area contributed by atoms with Crippen molar-refractivity contribution >= 4 is 105 Å². The van der Waals surface area contributed by atoms with Gasteiger partial charge in [-0.3, -0.25) is 58.3 Å². The van der Waals surface area contributed by atoms with E-state index in [1.165, 1.54) is 11.8 Å². The fraction of sp³-hybridized carbons (Fsp3) is 0.460. The van der Waals surface area contributed by atoms with Gasteiger partial charge in [-0.25, -0.2) is 14.5 Å². The largest absolute Gasteiger partial charge is 0.394 e. The number of primary amides is 1. The van der Waals surface area contributed by atoms with E-state index in [2.05, 4.69) is 58.1 Å². The first-order chi connectivity index (χ1) is 57.2. The summed E-state index contributed by atoms with van der Waals surface area (Å²) < 4.78 is 5.58. The molecule has 9 rings (SSSR count). The molecule has 0 bridgehead atoms. The highest BCUT2D eigenvalue weighted by Crippen LogP contribution is 2.26. The lowest BCUT2D eigenvalue weighted by atomic mass is 9.99. The Morgan fingerprint density at radius 1 is 0.588 bits per heavy atom. The van der Waals surface area contributed by atoms with Gasteiger partial charge in [0, 0.05) is 88.6 Å². The standard InChI is InChI=1S/C87H114ClN17O14/c1-6-8-38-103(39-9-7-2)86(117)94-65-35-30-58(31-36-65)49-68(77(109)96-67(45-54(3)4)76(108)95-66(21-15-37-92-85(90)91)83(115)104-40-16-22-73(104)81(113)93-55(5)75(89)107)97-78(110)69(48-57-23-25-60(26-24-57)52-102-41-43-119-44-42-102)98-80(112)72(53-106)100-79(111)70(47-56-17-11-10-12-18-56)99-82(114)74(51-59-28-33-64(88)34-29-59)105-84(116)71(101-87(105)118)50-61-27-32-62-19-13-14-20-63(62)46-61/h10-14,17-20,23-36,46,54-55,66-74,106H,6-9,15-16,21-22,37-45,47-53H2,1-5H3,(H2,89,107)(H,93,113)(H,94,117)(H,95,108)(H,96,109)(H,97,110)(H,98,112)(H,99,114)(H,100,111)(H,101,118)(H4,90,91,92)/t55-,66+,67+,68-,69+,70-,71?,72+,73+,74?/m1/s1. The number of halogens is 1. The quantitative estimate of drug-likeness (QED) is 0.0106. The number of morpholine rings is 1. The highest BCUT2D eigenvalue weighted by atomic mass is 35.5. The summed E-state index contributed by atoms with van der Waals surface area (Å²) in [5, 5.41) is 48.9. The Morgan fingerprint density at radius 3 is 1.69 bits per heavy atom. The van der Waals surface area contributed by atoms with Gasteiger partial charge in [0.15, 0.2) is 5.96 Å². The minimum atomic E-state index is -1.84. The summed E-state index contributed by atoms with van der Waals surface area (Å²) in [6, 6.07) is 27.2. The number of unbranched alkanes of at least 4 members (excludes halogenated alkanes) is 2. The van der Waals surface area contributed by atoms with Crippen molar-refractivity contribution in [3.8, 4) is 0 Å². The average molecular weight is 1660 g/mol. The van der Waals surface area contributed by atoms with E-state index < -0.39 is 132 Å². The number of benzene rings is 6. The maximum atomic E-state index is 15.6. The summed E-state index contributed by atoms with van der Waals surface area (Å²) in [5.74, 6) is -8.99. The number of imide groups is 1. The number of hydrogen-bond acceptors (Lipinski definition) is 16. The van der Waals surface area contributed by atoms with Crippen molar-refractivity contribution in [3.63, 3.8) is 0 Å². The third-order valence-corrected chi connectivity index (χ3v) is 21.5. The zero-order valence-electron chi connectivity index (χ0n) is 68.3. The Bertz CT molecular complexity index is 4470. The van der Waals surface area contributed by atoms with E-state index in [4.69, 9.17) is 33.2 Å². The molecule has 0 saturated carbocycles. The first-order valence-corrected chi connectivity index (χ1v) is 41.4. The second-order valence-corrected chi connectivity index (χ2v) is 31.5. The summed E-state index contributed by atoms with van der Waals surface area (Å²) in [4.78, 5) is 181. The number of fused-ring (bicyclic) bond motifs is 1. The van der Waals surface area contributed by atoms with Gasteiger partial charge in [0.25, 0.3) is 5.91 Å². The van der Waals surface area contributed by atoms with E-state index in [-0.39, 0.29) is 88.8 Å². The lowest BCUT2D eigenvalue weighted by molar-refractivity contribution is -0.142. The second kappa shape index (κ2) is 45.4. The van der Waals surface area contributed by atoms with E-state index >= 15 is 28.8 Å². The Hall–Kier alpha value is -11.5. The molecule has 0 spiro atoms. The lowest BCUT2D eigenvalue weighted by Gasteiger charge is -2.31. The summed E-state index contributed by atoms with van der Waals surface area (Å²) in [5.41, 5.74) is 15.2. The average Bonchev–Trinajstić information content (AvgIpc) is 1.65. The molecule has 31 nitrogen and oxygen atoms in total. The molecule has 3 aliphatic heterocycles. The van der Waals surface area contributed by atoms with Gasteiger partial charge in [-0.15, -0.1) is 0 Å². The molecule has 16 N–H and O–H groups in total. The molecule has 0 aliphatic carbocycles. The number of guanidine groups is 1. The number of nitrogens with one attached hydrogen (secondary N) is 11. The van der Waals surface area contributed by atoms with Gasteiger partial charge in [-0.1, -0.05) is 173 Å². The van der Waals surface area contributed by atoms with Crippen LogP contribution in [0.3, 0.4) is 0 Å². The van der Waals surface area contributed by atoms with Crippen molar-refractivity contribution < 1.29 is 67.4 Å². The molecular weight excluding hydrogens is 1540 g/mol. The Morgan fingerprint density at radius 2 is 1.10 bits per heavy atom. The van der Waals surface area contributed by atoms with Crippen LogP contribution in [-0.4, -0.2) is 221 Å². The number of likely N-dealkylation sites (tertiary alicyclic amines) is 1. The number of aliphatic hydroxyl groups is 1. The van der Waals surface area contributed by atoms with Crippen LogP contribution in [0.15, 0.2) is 146 Å². The number of rotatable bonds is 43. The number of hydrogen-bond donors (Lipinski definition) is 14. The maximum absolute atomic E-state index is 15.6. The maximum Gasteiger partial charge on any atom is 0.325 e. The molecule has 32 heteroatoms. The number of ether oxygens (including phenoxy) is 1. The molecular formula is C87H114ClN17O14. The molecule has 0 aromatic heterocycles. The Kier molecular flexibility index (Phi) is 34.9. The third kappa shape index (κ3) is 27.5. The Labute approximate surface area is 699 Å². The van der Waals surface area contributed by atoms with Gasteiger partial charge in [-0.2, -0.15) is 0 Å². The number of carbonyl (C=O) groups is 12. The molecule has 10 atom stereocenters. The van der Waals surface area contributed by atoms with Crippen molar-refractivity contribution in [2.45, 2.75) is 191 Å². The monoisotopic (exact) mass is 1660 g/mol. The highest BCUT2D eigenvalue weighted by molar-refractivity contribution is 6.30. The summed E-state index contributed by atoms with van der Waals surface area (Å²) in [6.07, 6.45) is 3.29. The van der Waals surface area contributed by atoms with Crippen molar-refractivity contribution in [2.24, 2.45) is 17.4 Å². The molecule has 2 unspecified atom stereocenters. The number of anilines is 1. The van der Waals surface area contributed by atoms with Gasteiger partial charge in [0.05, 0.1) is 19.8 Å². The van der Waals surface area contributed by atoms with Crippen LogP contribution in [0.25, 0.3) is 10.8 Å². The summed E-state index contributed by atoms with van der Waals surface area (Å²) in [7, 11) is 0. The second-order valence-electron chi connectivity index (χ2n) is 31.1. The van der Waals surface area contributed by atoms with Crippen LogP contribution >= 0.6 is 11.6 Å². The number of nitrogens with two attached hydrogens (primary N) is 2. The molecule has 14 amide bonds. The van der Waals surface area contributed by atoms with Crippen molar-refractivity contribution in [2.75, 3.05) is 64.4 Å². The van der Waals surface area contributed by atoms with Crippen LogP contribution in [0, 0.1) is 11.3 Å². The molecule has 638 valence electrons. The number of urea groups is 2. The SMILES string of the molecule is CCCCN(CCCC)C(=O)Nc1ccc(C[C@@H](NC(=O)[C@H](Cc2ccc(CN3CCOCC3)cc2)NC(=O)[C@H](CO)NC(=O)[C@@H](Cc2ccccc2)NC(=O)C(Cc2ccc(Cl)cc2)N2C(=O)NC(Cc3ccc4ccccc4c3)C2=O)C(=O)N[C@@H](CC(C)C)C(=O)N[C@@H](CCCNC(=N)N)C(=O)N2CCC[C@H]2C(=O)N[C@H](C)C(N)=O)cc1. The third-order valence-electron chi connectivity index (χ3n) is 21.3. The molecule has 3 fully saturated rings. The first-order valence-electron chi connectivity index (χ1n) is 41.0. The van der Waals surface area contributed by atoms with Crippen LogP contribution in [0.5, 0.6) is 0 Å². The zero-order chi connectivity index (χ0) is 85.7. The van der Waals surface area contributed by atoms with Gasteiger partial charge < -0.3 is 84.3 Å². The van der Waals surface area contributed by atoms with Crippen molar-refractivity contribution in [1.82, 2.24) is 67.5 Å². The van der Waals surface area contributed by atoms with Gasteiger partial charge >= 0.3 is 12.1 Å². The smallest absolute Gasteiger partial charge is 0.325 e. The number of amides is 14. The van der Waals surface area contributed by atoms with E-state index in [9.17, 15) is 33.9 Å². The lowest BCUT2D eigenvalue weighted by Crippen LogP contribution is -2.61. The highest BCUT2D eigenvalue weighted by Gasteiger charge is 2.46. The molecule has 6 aromatic carbocycles. The van der Waals surface area contributed by atoms with Crippen LogP contribution in [0.1, 0.15) is 126 Å². The molecule has 0 radical (unpaired) electrons. The van der Waals surface area contributed by atoms with Crippen LogP contribution in [0.4, 0.5) is 15.3 Å². The number of nitrogens with zero attached hydrogens (tertiary/aromatic N) is 4. The number of carbonyl (C=O) groups excluding carboxylic acids is 12. The fourth-order valence-corrected chi connectivity index (χ4v) is 14.7. The van der Waals surface area contributed by atoms with Crippen molar-refractivity contribution in [3.05, 3.63) is 184 Å². The van der Waals surface area contributed by atoms with Crippen LogP contribution < -0.4 is 64.6 Å². The molecule has 3 aliphatic rings. The predicted octanol–water partition coefficient (Wildman–Crippen LogP) is 4.75. The summed E-state index contributed by atoms with van der Waals surface area (Å²) in [6.45, 7) is 12.5. The van der Waals surface area contributed by atoms with E-state index in [0.717, 1.165) is 52.5 Å². The van der Waals surface area contributed by atoms with Gasteiger partial charge in [-0.05, 0) is 126 Å². The Balaban J connectivity index is 1.02. The summed E-state index contributed by atoms with van der Waals surface area (Å²) >= 11 is 6.30. The molecule has 3 saturated heterocycles. The van der Waals surface area contributed by atoms with E-state index in [0.29, 0.717) is 85.3 Å². The number of aliphatic hydroxyl groups excluding tert-OH is 1. The fourth-order valence-electron chi connectivity index (χ4n) is 14.6. The minimum Gasteiger partial charge on any atom is -0.394 e.